The largest absolute Gasteiger partial charge is 0.505 e. The number of rotatable bonds is 2. The summed E-state index contributed by atoms with van der Waals surface area (Å²) < 4.78 is 22.8. The fourth-order valence-electron chi connectivity index (χ4n) is 1.37. The van der Waals surface area contributed by atoms with Crippen LogP contribution in [0.2, 0.25) is 0 Å². The van der Waals surface area contributed by atoms with Crippen molar-refractivity contribution in [2.75, 3.05) is 12.8 Å². The summed E-state index contributed by atoms with van der Waals surface area (Å²) in [6, 6.07) is 2.27. The molecule has 0 atom stereocenters. The molecule has 5 nitrogen and oxygen atoms in total. The molecule has 84 valence electrons. The number of hydrogen-bond acceptors (Lipinski definition) is 5. The van der Waals surface area contributed by atoms with Gasteiger partial charge in [-0.05, 0) is 6.07 Å². The maximum atomic E-state index is 13.1. The van der Waals surface area contributed by atoms with Gasteiger partial charge in [-0.15, -0.1) is 0 Å². The van der Waals surface area contributed by atoms with Gasteiger partial charge in [-0.1, -0.05) is 5.16 Å². The molecule has 2 aromatic rings. The molecule has 0 aliphatic rings. The van der Waals surface area contributed by atoms with Crippen LogP contribution in [0.15, 0.2) is 22.9 Å². The number of phenols is 1. The molecule has 0 aliphatic carbocycles. The first-order valence-electron chi connectivity index (χ1n) is 4.40. The molecule has 1 heterocycles. The molecule has 1 aromatic heterocycles. The van der Waals surface area contributed by atoms with E-state index < -0.39 is 11.6 Å². The van der Waals surface area contributed by atoms with Crippen molar-refractivity contribution in [2.45, 2.75) is 0 Å². The zero-order valence-corrected chi connectivity index (χ0v) is 8.40. The highest BCUT2D eigenvalue weighted by Gasteiger charge is 2.16. The fraction of sp³-hybridized carbons (Fsp3) is 0.100. The highest BCUT2D eigenvalue weighted by molar-refractivity contribution is 5.78. The Morgan fingerprint density at radius 3 is 2.75 bits per heavy atom. The number of aromatic nitrogens is 1. The van der Waals surface area contributed by atoms with E-state index in [-0.39, 0.29) is 11.6 Å². The lowest BCUT2D eigenvalue weighted by Gasteiger charge is -2.08. The third-order valence-corrected chi connectivity index (χ3v) is 2.16. The first-order chi connectivity index (χ1) is 7.63. The summed E-state index contributed by atoms with van der Waals surface area (Å²) in [6.45, 7) is 0. The first kappa shape index (κ1) is 10.3. The molecule has 1 aromatic carbocycles. The minimum Gasteiger partial charge on any atom is -0.505 e. The Hall–Kier alpha value is -2.24. The van der Waals surface area contributed by atoms with Crippen LogP contribution >= 0.6 is 0 Å². The summed E-state index contributed by atoms with van der Waals surface area (Å²) in [4.78, 5) is 0. The maximum Gasteiger partial charge on any atom is 0.230 e. The lowest BCUT2D eigenvalue weighted by atomic mass is 10.1. The Morgan fingerprint density at radius 2 is 2.19 bits per heavy atom. The molecule has 2 rings (SSSR count). The van der Waals surface area contributed by atoms with E-state index in [1.165, 1.54) is 19.4 Å². The van der Waals surface area contributed by atoms with Gasteiger partial charge < -0.3 is 20.1 Å². The van der Waals surface area contributed by atoms with Gasteiger partial charge in [-0.25, -0.2) is 4.39 Å². The van der Waals surface area contributed by atoms with E-state index in [4.69, 9.17) is 10.5 Å². The van der Waals surface area contributed by atoms with Crippen molar-refractivity contribution >= 4 is 5.88 Å². The second kappa shape index (κ2) is 3.73. The zero-order valence-electron chi connectivity index (χ0n) is 8.40. The van der Waals surface area contributed by atoms with E-state index in [9.17, 15) is 9.50 Å². The quantitative estimate of drug-likeness (QED) is 0.812. The SMILES string of the molecule is COc1cc(F)c(O)cc1-c1cnoc1N. The van der Waals surface area contributed by atoms with Gasteiger partial charge in [0.2, 0.25) is 5.88 Å². The number of phenolic OH excluding ortho intramolecular Hbond substituents is 1. The van der Waals surface area contributed by atoms with Crippen LogP contribution in [0.4, 0.5) is 10.3 Å². The molecule has 0 saturated carbocycles. The number of nitrogens with zero attached hydrogens (tertiary/aromatic N) is 1. The third kappa shape index (κ3) is 1.54. The number of nitrogen functional groups attached to an aromatic ring is 1. The van der Waals surface area contributed by atoms with Crippen LogP contribution in [0.25, 0.3) is 11.1 Å². The summed E-state index contributed by atoms with van der Waals surface area (Å²) in [5.41, 5.74) is 6.38. The van der Waals surface area contributed by atoms with Crippen molar-refractivity contribution in [1.29, 1.82) is 0 Å². The normalized spacial score (nSPS) is 10.4. The summed E-state index contributed by atoms with van der Waals surface area (Å²) in [6.07, 6.45) is 1.37. The van der Waals surface area contributed by atoms with Gasteiger partial charge >= 0.3 is 0 Å². The van der Waals surface area contributed by atoms with Gasteiger partial charge in [0.05, 0.1) is 18.9 Å². The van der Waals surface area contributed by atoms with Gasteiger partial charge in [-0.3, -0.25) is 0 Å². The van der Waals surface area contributed by atoms with Crippen LogP contribution in [0.5, 0.6) is 11.5 Å². The number of methoxy groups -OCH3 is 1. The minimum absolute atomic E-state index is 0.0734. The molecule has 6 heteroatoms. The highest BCUT2D eigenvalue weighted by atomic mass is 19.1. The van der Waals surface area contributed by atoms with E-state index in [0.29, 0.717) is 11.1 Å². The predicted octanol–water partition coefficient (Wildman–Crippen LogP) is 1.78. The summed E-state index contributed by atoms with van der Waals surface area (Å²) in [5, 5.41) is 12.8. The number of hydrogen-bond donors (Lipinski definition) is 2. The molecule has 3 N–H and O–H groups in total. The molecular weight excluding hydrogens is 215 g/mol. The third-order valence-electron chi connectivity index (χ3n) is 2.16. The fourth-order valence-corrected chi connectivity index (χ4v) is 1.37. The summed E-state index contributed by atoms with van der Waals surface area (Å²) in [7, 11) is 1.39. The van der Waals surface area contributed by atoms with Gasteiger partial charge in [0.1, 0.15) is 5.75 Å². The Bertz CT molecular complexity index is 525. The van der Waals surface area contributed by atoms with Gasteiger partial charge in [0, 0.05) is 11.6 Å². The molecular formula is C10H9FN2O3. The van der Waals surface area contributed by atoms with Crippen molar-refractivity contribution in [3.63, 3.8) is 0 Å². The molecule has 0 spiro atoms. The lowest BCUT2D eigenvalue weighted by Crippen LogP contribution is -1.91. The van der Waals surface area contributed by atoms with Crippen LogP contribution in [0.3, 0.4) is 0 Å². The molecule has 0 aliphatic heterocycles. The number of aromatic hydroxyl groups is 1. The molecule has 0 bridgehead atoms. The number of halogens is 1. The Balaban J connectivity index is 2.64. The Morgan fingerprint density at radius 1 is 1.44 bits per heavy atom. The van der Waals surface area contributed by atoms with Crippen LogP contribution in [0.1, 0.15) is 0 Å². The smallest absolute Gasteiger partial charge is 0.230 e. The monoisotopic (exact) mass is 224 g/mol. The average Bonchev–Trinajstić information content (AvgIpc) is 2.68. The predicted molar refractivity (Wildman–Crippen MR) is 54.5 cm³/mol. The van der Waals surface area contributed by atoms with E-state index in [2.05, 4.69) is 9.68 Å². The number of anilines is 1. The van der Waals surface area contributed by atoms with Crippen molar-refractivity contribution < 1.29 is 18.8 Å². The van der Waals surface area contributed by atoms with E-state index in [0.717, 1.165) is 6.07 Å². The van der Waals surface area contributed by atoms with Crippen molar-refractivity contribution in [1.82, 2.24) is 5.16 Å². The number of nitrogens with two attached hydrogens (primary N) is 1. The van der Waals surface area contributed by atoms with Crippen LogP contribution < -0.4 is 10.5 Å². The van der Waals surface area contributed by atoms with Crippen molar-refractivity contribution in [3.8, 4) is 22.6 Å². The summed E-state index contributed by atoms with van der Waals surface area (Å²) in [5.74, 6) is -0.943. The molecule has 16 heavy (non-hydrogen) atoms. The number of benzene rings is 1. The van der Waals surface area contributed by atoms with Crippen LogP contribution in [0, 0.1) is 5.82 Å². The highest BCUT2D eigenvalue weighted by Crippen LogP contribution is 2.37. The molecule has 0 amide bonds. The van der Waals surface area contributed by atoms with E-state index >= 15 is 0 Å². The second-order valence-electron chi connectivity index (χ2n) is 3.11. The number of ether oxygens (including phenoxy) is 1. The Kier molecular flexibility index (Phi) is 2.40. The minimum atomic E-state index is -0.768. The van der Waals surface area contributed by atoms with Gasteiger partial charge in [0.25, 0.3) is 0 Å². The molecule has 0 saturated heterocycles. The zero-order chi connectivity index (χ0) is 11.7. The van der Waals surface area contributed by atoms with Crippen LogP contribution in [-0.2, 0) is 0 Å². The van der Waals surface area contributed by atoms with E-state index in [1.807, 2.05) is 0 Å². The van der Waals surface area contributed by atoms with Gasteiger partial charge in [-0.2, -0.15) is 0 Å². The molecule has 0 unspecified atom stereocenters. The molecule has 0 fully saturated rings. The standard InChI is InChI=1S/C10H9FN2O3/c1-15-9-3-7(11)8(14)2-5(9)6-4-13-16-10(6)12/h2-4,14H,12H2,1H3. The molecule has 0 radical (unpaired) electrons. The maximum absolute atomic E-state index is 13.1. The Labute approximate surface area is 90.2 Å². The average molecular weight is 224 g/mol. The van der Waals surface area contributed by atoms with E-state index in [1.54, 1.807) is 0 Å². The van der Waals surface area contributed by atoms with Gasteiger partial charge in [0.15, 0.2) is 11.6 Å². The summed E-state index contributed by atoms with van der Waals surface area (Å²) >= 11 is 0. The van der Waals surface area contributed by atoms with Crippen molar-refractivity contribution in [3.05, 3.63) is 24.1 Å². The topological polar surface area (TPSA) is 81.5 Å². The lowest BCUT2D eigenvalue weighted by molar-refractivity contribution is 0.401. The second-order valence-corrected chi connectivity index (χ2v) is 3.11. The van der Waals surface area contributed by atoms with Crippen LogP contribution in [-0.4, -0.2) is 17.4 Å². The first-order valence-corrected chi connectivity index (χ1v) is 4.40. The van der Waals surface area contributed by atoms with Crippen molar-refractivity contribution in [2.24, 2.45) is 0 Å².